The standard InChI is InChI=1S/C17H28ClN5O2/c1-13(24)19-8-11-21(2)14-6-9-23(10-7-14)17(25)5-4-16-20-12-15(18)22(16)3/h12,14H,4-11H2,1-3H3,(H,19,24). The Morgan fingerprint density at radius 3 is 2.64 bits per heavy atom. The van der Waals surface area contributed by atoms with Gasteiger partial charge in [-0.3, -0.25) is 9.59 Å². The van der Waals surface area contributed by atoms with Gasteiger partial charge in [0.15, 0.2) is 0 Å². The minimum Gasteiger partial charge on any atom is -0.355 e. The highest BCUT2D eigenvalue weighted by Crippen LogP contribution is 2.17. The average molecular weight is 370 g/mol. The van der Waals surface area contributed by atoms with Crippen molar-refractivity contribution in [2.45, 2.75) is 38.6 Å². The van der Waals surface area contributed by atoms with E-state index in [1.807, 2.05) is 16.5 Å². The molecule has 0 radical (unpaired) electrons. The largest absolute Gasteiger partial charge is 0.355 e. The first kappa shape index (κ1) is 19.7. The molecule has 0 saturated carbocycles. The van der Waals surface area contributed by atoms with E-state index in [2.05, 4.69) is 22.2 Å². The molecule has 1 aromatic heterocycles. The first-order chi connectivity index (χ1) is 11.9. The predicted octanol–water partition coefficient (Wildman–Crippen LogP) is 1.07. The van der Waals surface area contributed by atoms with E-state index in [0.29, 0.717) is 30.6 Å². The van der Waals surface area contributed by atoms with E-state index in [1.54, 1.807) is 6.20 Å². The van der Waals surface area contributed by atoms with Crippen molar-refractivity contribution in [3.8, 4) is 0 Å². The van der Waals surface area contributed by atoms with Gasteiger partial charge in [0.25, 0.3) is 0 Å². The number of nitrogens with zero attached hydrogens (tertiary/aromatic N) is 4. The van der Waals surface area contributed by atoms with Crippen LogP contribution in [0.4, 0.5) is 0 Å². The Hall–Kier alpha value is -1.60. The second kappa shape index (κ2) is 9.20. The Balaban J connectivity index is 1.71. The highest BCUT2D eigenvalue weighted by atomic mass is 35.5. The molecule has 0 atom stereocenters. The number of amides is 2. The lowest BCUT2D eigenvalue weighted by molar-refractivity contribution is -0.132. The van der Waals surface area contributed by atoms with Gasteiger partial charge >= 0.3 is 0 Å². The summed E-state index contributed by atoms with van der Waals surface area (Å²) in [6.45, 7) is 4.60. The average Bonchev–Trinajstić information content (AvgIpc) is 2.91. The number of aromatic nitrogens is 2. The Labute approximate surface area is 154 Å². The number of hydrogen-bond acceptors (Lipinski definition) is 4. The van der Waals surface area contributed by atoms with Crippen LogP contribution in [0, 0.1) is 0 Å². The zero-order valence-electron chi connectivity index (χ0n) is 15.3. The predicted molar refractivity (Wildman–Crippen MR) is 97.5 cm³/mol. The third-order valence-electron chi connectivity index (χ3n) is 4.87. The molecular weight excluding hydrogens is 342 g/mol. The summed E-state index contributed by atoms with van der Waals surface area (Å²) in [5.74, 6) is 1.02. The van der Waals surface area contributed by atoms with Crippen molar-refractivity contribution in [2.75, 3.05) is 33.2 Å². The fourth-order valence-electron chi connectivity index (χ4n) is 3.18. The molecule has 7 nitrogen and oxygen atoms in total. The van der Waals surface area contributed by atoms with Gasteiger partial charge in [0, 0.05) is 59.0 Å². The van der Waals surface area contributed by atoms with Crippen LogP contribution in [0.2, 0.25) is 5.15 Å². The summed E-state index contributed by atoms with van der Waals surface area (Å²) in [5.41, 5.74) is 0. The number of hydrogen-bond donors (Lipinski definition) is 1. The van der Waals surface area contributed by atoms with Gasteiger partial charge in [-0.25, -0.2) is 4.98 Å². The number of carbonyl (C=O) groups is 2. The lowest BCUT2D eigenvalue weighted by Gasteiger charge is -2.36. The molecule has 0 unspecified atom stereocenters. The molecule has 2 rings (SSSR count). The summed E-state index contributed by atoms with van der Waals surface area (Å²) in [4.78, 5) is 31.8. The van der Waals surface area contributed by atoms with Crippen molar-refractivity contribution in [1.82, 2.24) is 24.7 Å². The SMILES string of the molecule is CC(=O)NCCN(C)C1CCN(C(=O)CCc2ncc(Cl)n2C)CC1. The van der Waals surface area contributed by atoms with Crippen LogP contribution in [0.3, 0.4) is 0 Å². The number of aryl methyl sites for hydroxylation is 1. The monoisotopic (exact) mass is 369 g/mol. The first-order valence-corrected chi connectivity index (χ1v) is 9.14. The summed E-state index contributed by atoms with van der Waals surface area (Å²) in [6, 6.07) is 0.464. The molecule has 2 amide bonds. The summed E-state index contributed by atoms with van der Waals surface area (Å²) < 4.78 is 1.81. The van der Waals surface area contributed by atoms with E-state index < -0.39 is 0 Å². The molecule has 2 heterocycles. The van der Waals surface area contributed by atoms with Gasteiger partial charge in [0.2, 0.25) is 11.8 Å². The number of imidazole rings is 1. The van der Waals surface area contributed by atoms with Crippen LogP contribution in [0.25, 0.3) is 0 Å². The van der Waals surface area contributed by atoms with Crippen molar-refractivity contribution in [1.29, 1.82) is 0 Å². The van der Waals surface area contributed by atoms with Crippen LogP contribution in [-0.2, 0) is 23.1 Å². The molecule has 1 fully saturated rings. The number of likely N-dealkylation sites (N-methyl/N-ethyl adjacent to an activating group) is 1. The number of carbonyl (C=O) groups excluding carboxylic acids is 2. The lowest BCUT2D eigenvalue weighted by Crippen LogP contribution is -2.47. The van der Waals surface area contributed by atoms with E-state index in [-0.39, 0.29) is 11.8 Å². The molecule has 0 aromatic carbocycles. The Kier molecular flexibility index (Phi) is 7.25. The molecule has 25 heavy (non-hydrogen) atoms. The maximum atomic E-state index is 12.4. The molecule has 1 aromatic rings. The van der Waals surface area contributed by atoms with Crippen LogP contribution in [-0.4, -0.2) is 70.4 Å². The van der Waals surface area contributed by atoms with Crippen LogP contribution >= 0.6 is 11.6 Å². The molecule has 1 saturated heterocycles. The van der Waals surface area contributed by atoms with Crippen molar-refractivity contribution >= 4 is 23.4 Å². The van der Waals surface area contributed by atoms with Gasteiger partial charge < -0.3 is 19.7 Å². The Morgan fingerprint density at radius 1 is 1.40 bits per heavy atom. The zero-order valence-corrected chi connectivity index (χ0v) is 16.1. The molecule has 0 bridgehead atoms. The summed E-state index contributed by atoms with van der Waals surface area (Å²) >= 11 is 5.97. The summed E-state index contributed by atoms with van der Waals surface area (Å²) in [5, 5.41) is 3.41. The van der Waals surface area contributed by atoms with E-state index in [1.165, 1.54) is 6.92 Å². The maximum absolute atomic E-state index is 12.4. The van der Waals surface area contributed by atoms with E-state index in [0.717, 1.165) is 38.3 Å². The zero-order chi connectivity index (χ0) is 18.4. The van der Waals surface area contributed by atoms with E-state index >= 15 is 0 Å². The van der Waals surface area contributed by atoms with Crippen LogP contribution in [0.15, 0.2) is 6.20 Å². The van der Waals surface area contributed by atoms with Crippen molar-refractivity contribution < 1.29 is 9.59 Å². The van der Waals surface area contributed by atoms with Crippen LogP contribution in [0.1, 0.15) is 32.0 Å². The third kappa shape index (κ3) is 5.71. The van der Waals surface area contributed by atoms with Crippen molar-refractivity contribution in [2.24, 2.45) is 7.05 Å². The molecular formula is C17H28ClN5O2. The van der Waals surface area contributed by atoms with Crippen LogP contribution < -0.4 is 5.32 Å². The Morgan fingerprint density at radius 2 is 2.08 bits per heavy atom. The molecule has 1 aliphatic heterocycles. The quantitative estimate of drug-likeness (QED) is 0.780. The highest BCUT2D eigenvalue weighted by Gasteiger charge is 2.25. The number of rotatable bonds is 7. The molecule has 0 aliphatic carbocycles. The Bertz CT molecular complexity index is 596. The highest BCUT2D eigenvalue weighted by molar-refractivity contribution is 6.29. The topological polar surface area (TPSA) is 70.5 Å². The van der Waals surface area contributed by atoms with Crippen LogP contribution in [0.5, 0.6) is 0 Å². The fraction of sp³-hybridized carbons (Fsp3) is 0.706. The summed E-state index contributed by atoms with van der Waals surface area (Å²) in [7, 11) is 3.94. The van der Waals surface area contributed by atoms with E-state index in [4.69, 9.17) is 11.6 Å². The van der Waals surface area contributed by atoms with Gasteiger partial charge in [-0.1, -0.05) is 11.6 Å². The van der Waals surface area contributed by atoms with Gasteiger partial charge in [0.05, 0.1) is 6.20 Å². The molecule has 1 aliphatic rings. The number of halogens is 1. The fourth-order valence-corrected chi connectivity index (χ4v) is 3.33. The van der Waals surface area contributed by atoms with Gasteiger partial charge in [-0.05, 0) is 19.9 Å². The molecule has 0 spiro atoms. The number of likely N-dealkylation sites (tertiary alicyclic amines) is 1. The minimum atomic E-state index is 0.00261. The number of piperidine rings is 1. The molecule has 1 N–H and O–H groups in total. The third-order valence-corrected chi connectivity index (χ3v) is 5.22. The minimum absolute atomic E-state index is 0.00261. The van der Waals surface area contributed by atoms with Crippen molar-refractivity contribution in [3.05, 3.63) is 17.2 Å². The van der Waals surface area contributed by atoms with Gasteiger partial charge in [-0.2, -0.15) is 0 Å². The normalized spacial score (nSPS) is 15.6. The molecule has 140 valence electrons. The number of nitrogens with one attached hydrogen (secondary N) is 1. The molecule has 8 heteroatoms. The van der Waals surface area contributed by atoms with Gasteiger partial charge in [-0.15, -0.1) is 0 Å². The lowest BCUT2D eigenvalue weighted by atomic mass is 10.0. The smallest absolute Gasteiger partial charge is 0.223 e. The maximum Gasteiger partial charge on any atom is 0.223 e. The second-order valence-corrected chi connectivity index (χ2v) is 7.02. The van der Waals surface area contributed by atoms with Gasteiger partial charge in [0.1, 0.15) is 11.0 Å². The first-order valence-electron chi connectivity index (χ1n) is 8.77. The van der Waals surface area contributed by atoms with Crippen molar-refractivity contribution in [3.63, 3.8) is 0 Å². The van der Waals surface area contributed by atoms with E-state index in [9.17, 15) is 9.59 Å². The summed E-state index contributed by atoms with van der Waals surface area (Å²) in [6.07, 6.45) is 4.62. The second-order valence-electron chi connectivity index (χ2n) is 6.63.